The van der Waals surface area contributed by atoms with E-state index in [1.807, 2.05) is 26.0 Å². The molecule has 1 heterocycles. The first-order valence-corrected chi connectivity index (χ1v) is 9.74. The van der Waals surface area contributed by atoms with E-state index in [0.717, 1.165) is 43.9 Å². The maximum absolute atomic E-state index is 12.5. The van der Waals surface area contributed by atoms with Gasteiger partial charge in [0, 0.05) is 39.3 Å². The van der Waals surface area contributed by atoms with Crippen LogP contribution in [0.15, 0.2) is 23.1 Å². The van der Waals surface area contributed by atoms with Gasteiger partial charge in [0.1, 0.15) is 0 Å². The Bertz CT molecular complexity index is 623. The van der Waals surface area contributed by atoms with Crippen LogP contribution in [-0.4, -0.2) is 64.5 Å². The summed E-state index contributed by atoms with van der Waals surface area (Å²) in [5.74, 6) is 0.290. The lowest BCUT2D eigenvalue weighted by atomic mass is 10.1. The van der Waals surface area contributed by atoms with E-state index in [9.17, 15) is 8.42 Å². The Balaban J connectivity index is 1.90. The van der Waals surface area contributed by atoms with Crippen molar-refractivity contribution in [2.45, 2.75) is 25.7 Å². The third-order valence-electron chi connectivity index (χ3n) is 4.42. The second kappa shape index (κ2) is 7.75. The molecule has 0 aromatic heterocycles. The molecule has 5 nitrogen and oxygen atoms in total. The van der Waals surface area contributed by atoms with Crippen LogP contribution in [0, 0.1) is 19.8 Å². The minimum atomic E-state index is -3.43. The van der Waals surface area contributed by atoms with Crippen molar-refractivity contribution in [1.29, 1.82) is 0 Å². The molecule has 0 amide bonds. The van der Waals surface area contributed by atoms with Gasteiger partial charge in [-0.1, -0.05) is 19.1 Å². The number of nitrogens with one attached hydrogen (secondary N) is 1. The summed E-state index contributed by atoms with van der Waals surface area (Å²) >= 11 is 0. The molecule has 130 valence electrons. The van der Waals surface area contributed by atoms with Gasteiger partial charge in [-0.3, -0.25) is 0 Å². The highest BCUT2D eigenvalue weighted by atomic mass is 32.2. The summed E-state index contributed by atoms with van der Waals surface area (Å²) in [7, 11) is -1.30. The monoisotopic (exact) mass is 339 g/mol. The fraction of sp³-hybridized carbons (Fsp3) is 0.647. The molecule has 1 N–H and O–H groups in total. The van der Waals surface area contributed by atoms with Crippen molar-refractivity contribution in [3.8, 4) is 0 Å². The topological polar surface area (TPSA) is 52.7 Å². The van der Waals surface area contributed by atoms with Crippen molar-refractivity contribution in [2.24, 2.45) is 5.92 Å². The Kier molecular flexibility index (Phi) is 6.19. The molecule has 1 aromatic carbocycles. The molecule has 23 heavy (non-hydrogen) atoms. The van der Waals surface area contributed by atoms with Crippen LogP contribution in [0.4, 0.5) is 0 Å². The maximum Gasteiger partial charge on any atom is 0.240 e. The molecule has 0 spiro atoms. The average Bonchev–Trinajstić information content (AvgIpc) is 2.50. The lowest BCUT2D eigenvalue weighted by Crippen LogP contribution is -2.46. The van der Waals surface area contributed by atoms with E-state index >= 15 is 0 Å². The molecule has 0 bridgehead atoms. The molecule has 0 radical (unpaired) electrons. The van der Waals surface area contributed by atoms with E-state index in [4.69, 9.17) is 0 Å². The first-order valence-electron chi connectivity index (χ1n) is 8.26. The molecule has 1 aromatic rings. The molecule has 1 fully saturated rings. The van der Waals surface area contributed by atoms with Crippen molar-refractivity contribution >= 4 is 10.0 Å². The molecule has 1 unspecified atom stereocenters. The van der Waals surface area contributed by atoms with E-state index in [2.05, 4.69) is 28.5 Å². The number of benzene rings is 1. The summed E-state index contributed by atoms with van der Waals surface area (Å²) in [5, 5.41) is 0. The van der Waals surface area contributed by atoms with Crippen LogP contribution in [0.3, 0.4) is 0 Å². The number of rotatable bonds is 6. The first-order chi connectivity index (χ1) is 10.8. The summed E-state index contributed by atoms with van der Waals surface area (Å²) in [6.45, 7) is 11.5. The van der Waals surface area contributed by atoms with Crippen LogP contribution in [0.25, 0.3) is 0 Å². The van der Waals surface area contributed by atoms with Gasteiger partial charge in [0.05, 0.1) is 4.90 Å². The molecular formula is C17H29N3O2S. The van der Waals surface area contributed by atoms with Crippen molar-refractivity contribution in [2.75, 3.05) is 46.3 Å². The van der Waals surface area contributed by atoms with Crippen molar-refractivity contribution in [3.05, 3.63) is 29.3 Å². The van der Waals surface area contributed by atoms with Crippen molar-refractivity contribution < 1.29 is 8.42 Å². The van der Waals surface area contributed by atoms with Gasteiger partial charge in [-0.05, 0) is 44.0 Å². The van der Waals surface area contributed by atoms with Gasteiger partial charge < -0.3 is 9.80 Å². The molecular weight excluding hydrogens is 310 g/mol. The standard InChI is InChI=1S/C17H29N3O2S/c1-14-5-6-16(3)17(11-14)23(21,22)18-12-15(2)13-20-9-7-19(4)8-10-20/h5-6,11,15,18H,7-10,12-13H2,1-4H3. The quantitative estimate of drug-likeness (QED) is 0.853. The summed E-state index contributed by atoms with van der Waals surface area (Å²) in [4.78, 5) is 5.13. The molecule has 2 rings (SSSR count). The predicted octanol–water partition coefficient (Wildman–Crippen LogP) is 1.47. The Morgan fingerprint density at radius 2 is 1.83 bits per heavy atom. The third kappa shape index (κ3) is 5.28. The minimum absolute atomic E-state index is 0.290. The molecule has 0 saturated carbocycles. The number of hydrogen-bond acceptors (Lipinski definition) is 4. The Morgan fingerprint density at radius 1 is 1.17 bits per heavy atom. The maximum atomic E-state index is 12.5. The smallest absolute Gasteiger partial charge is 0.240 e. The van der Waals surface area contributed by atoms with E-state index in [1.54, 1.807) is 6.07 Å². The molecule has 1 aliphatic rings. The van der Waals surface area contributed by atoms with Gasteiger partial charge in [-0.15, -0.1) is 0 Å². The number of aryl methyl sites for hydroxylation is 2. The second-order valence-electron chi connectivity index (χ2n) is 6.83. The Labute approximate surface area is 140 Å². The Hall–Kier alpha value is -0.950. The van der Waals surface area contributed by atoms with Crippen LogP contribution >= 0.6 is 0 Å². The van der Waals surface area contributed by atoms with Gasteiger partial charge in [-0.2, -0.15) is 0 Å². The summed E-state index contributed by atoms with van der Waals surface area (Å²) in [6, 6.07) is 5.53. The fourth-order valence-electron chi connectivity index (χ4n) is 2.86. The normalized spacial score (nSPS) is 19.0. The van der Waals surface area contributed by atoms with Crippen LogP contribution in [-0.2, 0) is 10.0 Å². The van der Waals surface area contributed by atoms with E-state index in [-0.39, 0.29) is 0 Å². The van der Waals surface area contributed by atoms with E-state index in [0.29, 0.717) is 17.4 Å². The van der Waals surface area contributed by atoms with Gasteiger partial charge in [0.15, 0.2) is 0 Å². The molecule has 0 aliphatic carbocycles. The van der Waals surface area contributed by atoms with Crippen LogP contribution in [0.1, 0.15) is 18.1 Å². The number of hydrogen-bond donors (Lipinski definition) is 1. The largest absolute Gasteiger partial charge is 0.304 e. The highest BCUT2D eigenvalue weighted by Crippen LogP contribution is 2.16. The lowest BCUT2D eigenvalue weighted by molar-refractivity contribution is 0.139. The molecule has 1 atom stereocenters. The van der Waals surface area contributed by atoms with Crippen LogP contribution in [0.5, 0.6) is 0 Å². The highest BCUT2D eigenvalue weighted by Gasteiger charge is 2.20. The zero-order chi connectivity index (χ0) is 17.0. The van der Waals surface area contributed by atoms with Gasteiger partial charge >= 0.3 is 0 Å². The number of likely N-dealkylation sites (N-methyl/N-ethyl adjacent to an activating group) is 1. The van der Waals surface area contributed by atoms with Gasteiger partial charge in [0.25, 0.3) is 0 Å². The fourth-order valence-corrected chi connectivity index (χ4v) is 4.35. The summed E-state index contributed by atoms with van der Waals surface area (Å²) in [6.07, 6.45) is 0. The summed E-state index contributed by atoms with van der Waals surface area (Å²) in [5.41, 5.74) is 1.75. The number of nitrogens with zero attached hydrogens (tertiary/aromatic N) is 2. The van der Waals surface area contributed by atoms with Crippen LogP contribution < -0.4 is 4.72 Å². The zero-order valence-electron chi connectivity index (χ0n) is 14.7. The Morgan fingerprint density at radius 3 is 2.48 bits per heavy atom. The third-order valence-corrected chi connectivity index (χ3v) is 5.99. The molecule has 1 saturated heterocycles. The second-order valence-corrected chi connectivity index (χ2v) is 8.57. The first kappa shape index (κ1) is 18.4. The minimum Gasteiger partial charge on any atom is -0.304 e. The molecule has 1 aliphatic heterocycles. The van der Waals surface area contributed by atoms with Crippen LogP contribution in [0.2, 0.25) is 0 Å². The summed E-state index contributed by atoms with van der Waals surface area (Å²) < 4.78 is 27.8. The number of piperazine rings is 1. The van der Waals surface area contributed by atoms with E-state index in [1.165, 1.54) is 0 Å². The molecule has 6 heteroatoms. The highest BCUT2D eigenvalue weighted by molar-refractivity contribution is 7.89. The number of sulfonamides is 1. The predicted molar refractivity (Wildman–Crippen MR) is 94.2 cm³/mol. The lowest BCUT2D eigenvalue weighted by Gasteiger charge is -2.33. The average molecular weight is 340 g/mol. The SMILES string of the molecule is Cc1ccc(C)c(S(=O)(=O)NCC(C)CN2CCN(C)CC2)c1. The van der Waals surface area contributed by atoms with Crippen molar-refractivity contribution in [1.82, 2.24) is 14.5 Å². The van der Waals surface area contributed by atoms with E-state index < -0.39 is 10.0 Å². The van der Waals surface area contributed by atoms with Gasteiger partial charge in [-0.25, -0.2) is 13.1 Å². The zero-order valence-corrected chi connectivity index (χ0v) is 15.5. The van der Waals surface area contributed by atoms with Gasteiger partial charge in [0.2, 0.25) is 10.0 Å². The van der Waals surface area contributed by atoms with Crippen molar-refractivity contribution in [3.63, 3.8) is 0 Å².